The highest BCUT2D eigenvalue weighted by atomic mass is 127. The Labute approximate surface area is 258 Å². The highest BCUT2D eigenvalue weighted by Crippen LogP contribution is 2.37. The summed E-state index contributed by atoms with van der Waals surface area (Å²) in [7, 11) is 2.98. The van der Waals surface area contributed by atoms with E-state index in [2.05, 4.69) is 5.32 Å². The number of benzene rings is 2. The molecule has 2 aromatic carbocycles. The number of para-hydroxylation sites is 1. The molecule has 1 aliphatic carbocycles. The van der Waals surface area contributed by atoms with Crippen molar-refractivity contribution < 1.29 is 43.9 Å². The number of hydrogen-bond donors (Lipinski definition) is 4. The van der Waals surface area contributed by atoms with E-state index >= 15 is 0 Å². The molecule has 42 heavy (non-hydrogen) atoms. The normalized spacial score (nSPS) is 18.1. The Kier molecular flexibility index (Phi) is 12.6. The molecule has 3 rings (SSSR count). The second-order valence-electron chi connectivity index (χ2n) is 9.62. The first kappa shape index (κ1) is 33.3. The smallest absolute Gasteiger partial charge is 0.290 e. The lowest BCUT2D eigenvalue weighted by Gasteiger charge is -2.40. The third kappa shape index (κ3) is 8.00. The highest BCUT2D eigenvalue weighted by Gasteiger charge is 2.42. The Morgan fingerprint density at radius 2 is 1.81 bits per heavy atom. The van der Waals surface area contributed by atoms with Gasteiger partial charge in [-0.3, -0.25) is 14.4 Å². The summed E-state index contributed by atoms with van der Waals surface area (Å²) in [5.41, 5.74) is 1.62. The highest BCUT2D eigenvalue weighted by molar-refractivity contribution is 14.1. The van der Waals surface area contributed by atoms with E-state index in [-0.39, 0.29) is 50.5 Å². The van der Waals surface area contributed by atoms with E-state index in [4.69, 9.17) is 14.2 Å². The van der Waals surface area contributed by atoms with E-state index < -0.39 is 35.8 Å². The molecule has 2 aromatic rings. The van der Waals surface area contributed by atoms with Gasteiger partial charge in [0.15, 0.2) is 11.5 Å². The van der Waals surface area contributed by atoms with Crippen molar-refractivity contribution in [1.29, 1.82) is 0 Å². The minimum atomic E-state index is -1.33. The minimum absolute atomic E-state index is 0.00796. The molecule has 0 spiro atoms. The average molecular weight is 697 g/mol. The molecule has 3 atom stereocenters. The number of aliphatic hydroxyl groups is 3. The van der Waals surface area contributed by atoms with Crippen LogP contribution in [0.25, 0.3) is 0 Å². The summed E-state index contributed by atoms with van der Waals surface area (Å²) >= 11 is 2.02. The maximum atomic E-state index is 13.4. The molecule has 3 unspecified atom stereocenters. The molecule has 0 aromatic heterocycles. The molecule has 228 valence electrons. The molecule has 12 heteroatoms. The van der Waals surface area contributed by atoms with Gasteiger partial charge >= 0.3 is 0 Å². The van der Waals surface area contributed by atoms with Gasteiger partial charge in [0, 0.05) is 31.5 Å². The van der Waals surface area contributed by atoms with Gasteiger partial charge < -0.3 is 39.7 Å². The number of hydrogen-bond acceptors (Lipinski definition) is 9. The number of halogens is 1. The lowest BCUT2D eigenvalue weighted by molar-refractivity contribution is -0.149. The fourth-order valence-corrected chi connectivity index (χ4v) is 5.57. The first-order valence-electron chi connectivity index (χ1n) is 13.6. The fraction of sp³-hybridized carbons (Fsp3) is 0.433. The van der Waals surface area contributed by atoms with Gasteiger partial charge in [0.1, 0.15) is 18.0 Å². The van der Waals surface area contributed by atoms with E-state index in [0.29, 0.717) is 27.1 Å². The van der Waals surface area contributed by atoms with E-state index in [1.165, 1.54) is 18.1 Å². The Bertz CT molecular complexity index is 1300. The molecule has 0 radical (unpaired) electrons. The second kappa shape index (κ2) is 15.9. The number of carbonyl (C=O) groups excluding carboxylic acids is 3. The van der Waals surface area contributed by atoms with Crippen LogP contribution in [0, 0.1) is 3.57 Å². The van der Waals surface area contributed by atoms with Crippen LogP contribution in [0.4, 0.5) is 0 Å². The van der Waals surface area contributed by atoms with Crippen LogP contribution in [0.5, 0.6) is 17.2 Å². The number of nitrogens with one attached hydrogen (secondary N) is 1. The number of amides is 2. The first-order valence-corrected chi connectivity index (χ1v) is 14.6. The van der Waals surface area contributed by atoms with Crippen molar-refractivity contribution in [2.45, 2.75) is 51.0 Å². The van der Waals surface area contributed by atoms with Crippen molar-refractivity contribution in [1.82, 2.24) is 10.2 Å². The van der Waals surface area contributed by atoms with Gasteiger partial charge in [0.05, 0.1) is 37.0 Å². The van der Waals surface area contributed by atoms with Gasteiger partial charge in [0.25, 0.3) is 5.91 Å². The molecule has 0 heterocycles. The predicted octanol–water partition coefficient (Wildman–Crippen LogP) is 1.77. The van der Waals surface area contributed by atoms with Gasteiger partial charge in [-0.15, -0.1) is 0 Å². The second-order valence-corrected chi connectivity index (χ2v) is 10.8. The number of aliphatic hydroxyl groups excluding tert-OH is 3. The van der Waals surface area contributed by atoms with Crippen LogP contribution in [0.15, 0.2) is 48.0 Å². The number of ether oxygens (including phenoxy) is 3. The zero-order valence-electron chi connectivity index (χ0n) is 23.8. The van der Waals surface area contributed by atoms with Crippen molar-refractivity contribution in [2.75, 3.05) is 33.9 Å². The molecule has 0 saturated carbocycles. The number of Topliss-reactive ketones (excluding diaryl/α,β-unsaturated/α-hetero) is 1. The molecule has 0 fully saturated rings. The number of nitrogens with zero attached hydrogens (tertiary/aromatic N) is 1. The molecule has 0 aliphatic heterocycles. The zero-order valence-corrected chi connectivity index (χ0v) is 26.0. The van der Waals surface area contributed by atoms with Crippen LogP contribution in [-0.4, -0.2) is 90.0 Å². The Morgan fingerprint density at radius 3 is 2.45 bits per heavy atom. The number of ketones is 1. The van der Waals surface area contributed by atoms with Crippen LogP contribution in [-0.2, 0) is 27.4 Å². The molecule has 0 saturated heterocycles. The Morgan fingerprint density at radius 1 is 1.10 bits per heavy atom. The lowest BCUT2D eigenvalue weighted by Crippen LogP contribution is -2.56. The van der Waals surface area contributed by atoms with Crippen molar-refractivity contribution in [3.63, 3.8) is 0 Å². The van der Waals surface area contributed by atoms with Crippen LogP contribution < -0.4 is 19.5 Å². The fourth-order valence-electron chi connectivity index (χ4n) is 4.77. The molecule has 1 aliphatic rings. The first-order chi connectivity index (χ1) is 20.2. The number of rotatable bonds is 14. The molecular weight excluding hydrogens is 659 g/mol. The van der Waals surface area contributed by atoms with E-state index in [1.807, 2.05) is 40.8 Å². The SMILES string of the molecule is CCC(=O)C(=O)N(CCc1ccccc1OC)C1CC(C(=O)NCCO)=CC(Oc2c(I)cc(CO)cc2OC)C1O. The summed E-state index contributed by atoms with van der Waals surface area (Å²) in [5.74, 6) is -0.684. The summed E-state index contributed by atoms with van der Waals surface area (Å²) < 4.78 is 17.7. The summed E-state index contributed by atoms with van der Waals surface area (Å²) in [6.07, 6.45) is -0.716. The van der Waals surface area contributed by atoms with Crippen molar-refractivity contribution in [3.05, 3.63) is 62.7 Å². The van der Waals surface area contributed by atoms with Gasteiger partial charge in [-0.05, 0) is 64.4 Å². The van der Waals surface area contributed by atoms with Gasteiger partial charge in [-0.1, -0.05) is 25.1 Å². The minimum Gasteiger partial charge on any atom is -0.496 e. The summed E-state index contributed by atoms with van der Waals surface area (Å²) in [6.45, 7) is 1.17. The lowest BCUT2D eigenvalue weighted by atomic mass is 9.87. The topological polar surface area (TPSA) is 155 Å². The van der Waals surface area contributed by atoms with Gasteiger partial charge in [0.2, 0.25) is 11.7 Å². The monoisotopic (exact) mass is 696 g/mol. The Hall–Kier alpha value is -3.20. The molecule has 11 nitrogen and oxygen atoms in total. The van der Waals surface area contributed by atoms with E-state index in [9.17, 15) is 29.7 Å². The van der Waals surface area contributed by atoms with Gasteiger partial charge in [-0.25, -0.2) is 0 Å². The molecule has 2 amide bonds. The van der Waals surface area contributed by atoms with Gasteiger partial charge in [-0.2, -0.15) is 0 Å². The molecular formula is C30H37IN2O9. The van der Waals surface area contributed by atoms with Crippen LogP contribution in [0.1, 0.15) is 30.9 Å². The maximum Gasteiger partial charge on any atom is 0.290 e. The molecule has 4 N–H and O–H groups in total. The third-order valence-corrected chi connectivity index (χ3v) is 7.78. The van der Waals surface area contributed by atoms with Crippen molar-refractivity contribution in [3.8, 4) is 17.2 Å². The zero-order chi connectivity index (χ0) is 30.8. The van der Waals surface area contributed by atoms with E-state index in [0.717, 1.165) is 5.56 Å². The van der Waals surface area contributed by atoms with Crippen LogP contribution in [0.2, 0.25) is 0 Å². The third-order valence-electron chi connectivity index (χ3n) is 6.98. The van der Waals surface area contributed by atoms with E-state index in [1.54, 1.807) is 32.2 Å². The Balaban J connectivity index is 2.03. The largest absolute Gasteiger partial charge is 0.496 e. The van der Waals surface area contributed by atoms with Crippen LogP contribution in [0.3, 0.4) is 0 Å². The number of carbonyl (C=O) groups is 3. The number of methoxy groups -OCH3 is 2. The quantitative estimate of drug-likeness (QED) is 0.171. The summed E-state index contributed by atoms with van der Waals surface area (Å²) in [6, 6.07) is 9.62. The van der Waals surface area contributed by atoms with Crippen LogP contribution >= 0.6 is 22.6 Å². The standard InChI is InChI=1S/C30H37IN2O9/c1-4-23(36)30(39)33(11-9-19-7-5-6-8-24(19)40-2)22-15-20(29(38)32-10-12-34)16-25(27(22)37)42-28-21(31)13-18(17-35)14-26(28)41-3/h5-8,13-14,16,22,25,27,34-35,37H,4,9-12,15,17H2,1-3H3,(H,32,38). The predicted molar refractivity (Wildman–Crippen MR) is 162 cm³/mol. The summed E-state index contributed by atoms with van der Waals surface area (Å²) in [4.78, 5) is 40.5. The van der Waals surface area contributed by atoms with Crippen molar-refractivity contribution in [2.24, 2.45) is 0 Å². The summed E-state index contributed by atoms with van der Waals surface area (Å²) in [5, 5.41) is 33.1. The molecule has 0 bridgehead atoms. The maximum absolute atomic E-state index is 13.4. The van der Waals surface area contributed by atoms with Crippen molar-refractivity contribution >= 4 is 40.2 Å². The average Bonchev–Trinajstić information content (AvgIpc) is 3.01.